The normalized spacial score (nSPS) is 12.6. The highest BCUT2D eigenvalue weighted by molar-refractivity contribution is 14.0. The van der Waals surface area contributed by atoms with Gasteiger partial charge in [-0.25, -0.2) is 0 Å². The van der Waals surface area contributed by atoms with Crippen LogP contribution in [0.3, 0.4) is 0 Å². The van der Waals surface area contributed by atoms with Gasteiger partial charge < -0.3 is 20.5 Å². The Morgan fingerprint density at radius 3 is 2.71 bits per heavy atom. The van der Waals surface area contributed by atoms with Crippen LogP contribution in [0.1, 0.15) is 26.5 Å². The van der Waals surface area contributed by atoms with Gasteiger partial charge in [-0.3, -0.25) is 9.98 Å². The van der Waals surface area contributed by atoms with Crippen molar-refractivity contribution in [3.05, 3.63) is 30.1 Å². The number of guanidine groups is 1. The molecule has 1 unspecified atom stereocenters. The Hall–Kier alpha value is -0.930. The van der Waals surface area contributed by atoms with Crippen molar-refractivity contribution in [3.63, 3.8) is 0 Å². The summed E-state index contributed by atoms with van der Waals surface area (Å²) in [6.07, 6.45) is 2.04. The highest BCUT2D eigenvalue weighted by Crippen LogP contribution is 1.95. The molecule has 0 saturated carbocycles. The molecule has 7 heteroatoms. The molecule has 0 aliphatic rings. The van der Waals surface area contributed by atoms with Gasteiger partial charge in [0.25, 0.3) is 0 Å². The van der Waals surface area contributed by atoms with Gasteiger partial charge in [-0.05, 0) is 25.0 Å². The summed E-state index contributed by atoms with van der Waals surface area (Å²) in [4.78, 5) is 8.67. The molecule has 0 radical (unpaired) electrons. The monoisotopic (exact) mass is 450 g/mol. The molecule has 1 aromatic heterocycles. The van der Waals surface area contributed by atoms with Gasteiger partial charge in [0, 0.05) is 38.0 Å². The Morgan fingerprint density at radius 2 is 2.08 bits per heavy atom. The largest absolute Gasteiger partial charge is 0.389 e. The first-order chi connectivity index (χ1) is 11.1. The fourth-order valence-electron chi connectivity index (χ4n) is 1.89. The van der Waals surface area contributed by atoms with Gasteiger partial charge in [0.15, 0.2) is 5.96 Å². The molecule has 1 rings (SSSR count). The minimum absolute atomic E-state index is 0. The minimum Gasteiger partial charge on any atom is -0.389 e. The van der Waals surface area contributed by atoms with E-state index in [0.29, 0.717) is 31.6 Å². The summed E-state index contributed by atoms with van der Waals surface area (Å²) in [7, 11) is 0. The molecular weight excluding hydrogens is 419 g/mol. The van der Waals surface area contributed by atoms with Gasteiger partial charge in [0.05, 0.1) is 19.3 Å². The van der Waals surface area contributed by atoms with Crippen LogP contribution < -0.4 is 10.6 Å². The maximum Gasteiger partial charge on any atom is 0.191 e. The number of pyridine rings is 1. The zero-order valence-electron chi connectivity index (χ0n) is 14.9. The van der Waals surface area contributed by atoms with Crippen LogP contribution >= 0.6 is 24.0 Å². The predicted molar refractivity (Wildman–Crippen MR) is 109 cm³/mol. The molecule has 24 heavy (non-hydrogen) atoms. The first-order valence-electron chi connectivity index (χ1n) is 8.29. The zero-order valence-corrected chi connectivity index (χ0v) is 17.2. The van der Waals surface area contributed by atoms with Crippen LogP contribution in [0.4, 0.5) is 0 Å². The first-order valence-corrected chi connectivity index (χ1v) is 8.29. The summed E-state index contributed by atoms with van der Waals surface area (Å²) < 4.78 is 5.42. The third-order valence-electron chi connectivity index (χ3n) is 2.97. The van der Waals surface area contributed by atoms with Crippen molar-refractivity contribution >= 4 is 29.9 Å². The van der Waals surface area contributed by atoms with E-state index < -0.39 is 6.10 Å². The molecule has 0 bridgehead atoms. The van der Waals surface area contributed by atoms with E-state index in [1.165, 1.54) is 0 Å². The Balaban J connectivity index is 0.00000529. The second-order valence-electron chi connectivity index (χ2n) is 5.80. The summed E-state index contributed by atoms with van der Waals surface area (Å²) in [5.74, 6) is 1.17. The number of hydrogen-bond donors (Lipinski definition) is 3. The molecule has 6 nitrogen and oxygen atoms in total. The van der Waals surface area contributed by atoms with Gasteiger partial charge in [-0.1, -0.05) is 19.9 Å². The predicted octanol–water partition coefficient (Wildman–Crippen LogP) is 1.83. The van der Waals surface area contributed by atoms with Crippen LogP contribution in [-0.2, 0) is 11.2 Å². The van der Waals surface area contributed by atoms with E-state index in [0.717, 1.165) is 25.2 Å². The lowest BCUT2D eigenvalue weighted by Gasteiger charge is -2.14. The Labute approximate surface area is 162 Å². The van der Waals surface area contributed by atoms with Crippen molar-refractivity contribution in [2.45, 2.75) is 33.3 Å². The average Bonchev–Trinajstić information content (AvgIpc) is 2.53. The molecule has 0 saturated heterocycles. The minimum atomic E-state index is -0.583. The van der Waals surface area contributed by atoms with Gasteiger partial charge in [0.2, 0.25) is 0 Å². The highest BCUT2D eigenvalue weighted by atomic mass is 127. The van der Waals surface area contributed by atoms with E-state index >= 15 is 0 Å². The number of aliphatic hydroxyl groups excluding tert-OH is 1. The lowest BCUT2D eigenvalue weighted by atomic mass is 10.2. The first kappa shape index (κ1) is 23.1. The van der Waals surface area contributed by atoms with E-state index in [1.807, 2.05) is 25.1 Å². The van der Waals surface area contributed by atoms with Gasteiger partial charge >= 0.3 is 0 Å². The number of aliphatic imine (C=N–C) groups is 1. The summed E-state index contributed by atoms with van der Waals surface area (Å²) in [6, 6.07) is 5.89. The fraction of sp³-hybridized carbons (Fsp3) is 0.647. The molecule has 3 N–H and O–H groups in total. The average molecular weight is 450 g/mol. The van der Waals surface area contributed by atoms with Crippen molar-refractivity contribution in [2.24, 2.45) is 10.9 Å². The highest BCUT2D eigenvalue weighted by Gasteiger charge is 2.05. The number of aliphatic hydroxyl groups is 1. The van der Waals surface area contributed by atoms with Crippen LogP contribution in [0, 0.1) is 5.92 Å². The summed E-state index contributed by atoms with van der Waals surface area (Å²) in [6.45, 7) is 8.98. The lowest BCUT2D eigenvalue weighted by Crippen LogP contribution is -2.39. The molecule has 0 fully saturated rings. The molecule has 0 aliphatic heterocycles. The van der Waals surface area contributed by atoms with Crippen molar-refractivity contribution in [3.8, 4) is 0 Å². The Bertz CT molecular complexity index is 443. The Kier molecular flexibility index (Phi) is 13.9. The third kappa shape index (κ3) is 11.6. The van der Waals surface area contributed by atoms with E-state index in [-0.39, 0.29) is 24.0 Å². The maximum absolute atomic E-state index is 9.88. The number of hydrogen-bond acceptors (Lipinski definition) is 4. The second-order valence-corrected chi connectivity index (χ2v) is 5.80. The number of nitrogens with one attached hydrogen (secondary N) is 2. The van der Waals surface area contributed by atoms with Crippen LogP contribution in [0.25, 0.3) is 0 Å². The molecule has 1 atom stereocenters. The third-order valence-corrected chi connectivity index (χ3v) is 2.97. The summed E-state index contributed by atoms with van der Waals surface area (Å²) in [5, 5.41) is 16.3. The summed E-state index contributed by atoms with van der Waals surface area (Å²) in [5.41, 5.74) is 1.04. The quantitative estimate of drug-likeness (QED) is 0.288. The molecule has 0 aliphatic carbocycles. The molecule has 0 aromatic carbocycles. The van der Waals surface area contributed by atoms with Crippen LogP contribution in [-0.4, -0.2) is 55.0 Å². The van der Waals surface area contributed by atoms with Crippen molar-refractivity contribution in [1.29, 1.82) is 0 Å². The van der Waals surface area contributed by atoms with E-state index in [2.05, 4.69) is 34.5 Å². The van der Waals surface area contributed by atoms with Crippen molar-refractivity contribution < 1.29 is 9.84 Å². The number of ether oxygens (including phenoxy) is 1. The molecule has 0 spiro atoms. The smallest absolute Gasteiger partial charge is 0.191 e. The Morgan fingerprint density at radius 1 is 1.29 bits per heavy atom. The van der Waals surface area contributed by atoms with Crippen LogP contribution in [0.5, 0.6) is 0 Å². The maximum atomic E-state index is 9.88. The standard InChI is InChI=1S/C17H30N4O2.HI/c1-4-18-17(20-10-8-15-7-5-6-9-19-15)21-11-16(22)13-23-12-14(2)3;/h5-7,9,14,16,22H,4,8,10-13H2,1-3H3,(H2,18,20,21);1H. The van der Waals surface area contributed by atoms with E-state index in [9.17, 15) is 5.11 Å². The number of rotatable bonds is 10. The fourth-order valence-corrected chi connectivity index (χ4v) is 1.89. The summed E-state index contributed by atoms with van der Waals surface area (Å²) >= 11 is 0. The zero-order chi connectivity index (χ0) is 16.9. The molecular formula is C17H31IN4O2. The number of aromatic nitrogens is 1. The SMILES string of the molecule is CCNC(=NCC(O)COCC(C)C)NCCc1ccccn1.I. The molecule has 138 valence electrons. The molecule has 1 heterocycles. The van der Waals surface area contributed by atoms with Crippen LogP contribution in [0.15, 0.2) is 29.4 Å². The topological polar surface area (TPSA) is 78.8 Å². The number of halogens is 1. The van der Waals surface area contributed by atoms with Gasteiger partial charge in [-0.15, -0.1) is 24.0 Å². The van der Waals surface area contributed by atoms with Gasteiger partial charge in [0.1, 0.15) is 0 Å². The molecule has 0 amide bonds. The van der Waals surface area contributed by atoms with Crippen LogP contribution in [0.2, 0.25) is 0 Å². The van der Waals surface area contributed by atoms with Crippen molar-refractivity contribution in [1.82, 2.24) is 15.6 Å². The van der Waals surface area contributed by atoms with E-state index in [4.69, 9.17) is 4.74 Å². The van der Waals surface area contributed by atoms with Gasteiger partial charge in [-0.2, -0.15) is 0 Å². The molecule has 1 aromatic rings. The van der Waals surface area contributed by atoms with Crippen molar-refractivity contribution in [2.75, 3.05) is 32.8 Å². The second kappa shape index (κ2) is 14.4. The van der Waals surface area contributed by atoms with E-state index in [1.54, 1.807) is 6.20 Å². The lowest BCUT2D eigenvalue weighted by molar-refractivity contribution is 0.0301. The number of nitrogens with zero attached hydrogens (tertiary/aromatic N) is 2.